The zero-order chi connectivity index (χ0) is 18.4. The molecule has 1 heterocycles. The largest absolute Gasteiger partial charge is 0.323 e. The molecule has 1 amide bonds. The highest BCUT2D eigenvalue weighted by atomic mass is 32.2. The molecule has 0 spiro atoms. The molecular weight excluding hydrogens is 376 g/mol. The summed E-state index contributed by atoms with van der Waals surface area (Å²) < 4.78 is 26.7. The number of aromatic nitrogens is 2. The zero-order valence-corrected chi connectivity index (χ0v) is 15.0. The second-order valence-electron chi connectivity index (χ2n) is 5.04. The lowest BCUT2D eigenvalue weighted by molar-refractivity contribution is -0.113. The van der Waals surface area contributed by atoms with E-state index in [-0.39, 0.29) is 11.4 Å². The number of halogens is 2. The molecular formula is C18H13F2N3OS2. The highest BCUT2D eigenvalue weighted by Crippen LogP contribution is 2.32. The fourth-order valence-corrected chi connectivity index (χ4v) is 3.72. The lowest BCUT2D eigenvalue weighted by Gasteiger charge is -2.08. The van der Waals surface area contributed by atoms with Crippen molar-refractivity contribution in [3.63, 3.8) is 0 Å². The fraction of sp³-hybridized carbons (Fsp3) is 0.0556. The molecule has 1 aromatic heterocycles. The Morgan fingerprint density at radius 2 is 1.73 bits per heavy atom. The van der Waals surface area contributed by atoms with Crippen LogP contribution in [0.3, 0.4) is 0 Å². The van der Waals surface area contributed by atoms with Gasteiger partial charge in [-0.3, -0.25) is 4.79 Å². The highest BCUT2D eigenvalue weighted by Gasteiger charge is 2.12. The van der Waals surface area contributed by atoms with Gasteiger partial charge in [0, 0.05) is 23.4 Å². The van der Waals surface area contributed by atoms with Crippen LogP contribution in [-0.4, -0.2) is 21.6 Å². The van der Waals surface area contributed by atoms with Gasteiger partial charge in [0.1, 0.15) is 21.7 Å². The van der Waals surface area contributed by atoms with Crippen LogP contribution in [0, 0.1) is 11.6 Å². The number of carbonyl (C=O) groups is 1. The number of nitrogens with zero attached hydrogens (tertiary/aromatic N) is 2. The summed E-state index contributed by atoms with van der Waals surface area (Å²) in [5.41, 5.74) is -0.186. The third-order valence-electron chi connectivity index (χ3n) is 3.13. The monoisotopic (exact) mass is 389 g/mol. The maximum atomic E-state index is 13.6. The lowest BCUT2D eigenvalue weighted by Crippen LogP contribution is -2.15. The topological polar surface area (TPSA) is 54.9 Å². The van der Waals surface area contributed by atoms with Gasteiger partial charge >= 0.3 is 0 Å². The molecule has 8 heteroatoms. The van der Waals surface area contributed by atoms with E-state index >= 15 is 0 Å². The average molecular weight is 389 g/mol. The number of rotatable bonds is 6. The van der Waals surface area contributed by atoms with Crippen molar-refractivity contribution in [1.82, 2.24) is 9.97 Å². The first kappa shape index (κ1) is 18.3. The van der Waals surface area contributed by atoms with Gasteiger partial charge in [-0.15, -0.1) is 0 Å². The normalized spacial score (nSPS) is 10.5. The number of anilines is 1. The summed E-state index contributed by atoms with van der Waals surface area (Å²) in [6.07, 6.45) is 3.12. The Morgan fingerprint density at radius 1 is 1.00 bits per heavy atom. The first-order chi connectivity index (χ1) is 12.6. The van der Waals surface area contributed by atoms with Crippen molar-refractivity contribution in [1.29, 1.82) is 0 Å². The van der Waals surface area contributed by atoms with Crippen molar-refractivity contribution in [3.05, 3.63) is 72.6 Å². The molecule has 0 bridgehead atoms. The molecule has 3 aromatic rings. The van der Waals surface area contributed by atoms with Gasteiger partial charge in [-0.25, -0.2) is 18.7 Å². The SMILES string of the molecule is O=C(CSc1nccnc1Sc1ccccc1)Nc1cc(F)ccc1F. The number of hydrogen-bond acceptors (Lipinski definition) is 5. The quantitative estimate of drug-likeness (QED) is 0.623. The molecule has 3 rings (SSSR count). The van der Waals surface area contributed by atoms with Crippen LogP contribution in [0.15, 0.2) is 75.9 Å². The molecule has 1 N–H and O–H groups in total. The van der Waals surface area contributed by atoms with Gasteiger partial charge in [0.25, 0.3) is 0 Å². The number of hydrogen-bond donors (Lipinski definition) is 1. The molecule has 0 saturated heterocycles. The summed E-state index contributed by atoms with van der Waals surface area (Å²) in [6.45, 7) is 0. The van der Waals surface area contributed by atoms with E-state index in [2.05, 4.69) is 15.3 Å². The van der Waals surface area contributed by atoms with Crippen LogP contribution in [0.2, 0.25) is 0 Å². The van der Waals surface area contributed by atoms with E-state index in [4.69, 9.17) is 0 Å². The summed E-state index contributed by atoms with van der Waals surface area (Å²) >= 11 is 2.62. The van der Waals surface area contributed by atoms with Crippen LogP contribution < -0.4 is 5.32 Å². The van der Waals surface area contributed by atoms with Crippen molar-refractivity contribution >= 4 is 35.1 Å². The van der Waals surface area contributed by atoms with Crippen LogP contribution in [0.5, 0.6) is 0 Å². The van der Waals surface area contributed by atoms with Gasteiger partial charge < -0.3 is 5.32 Å². The standard InChI is InChI=1S/C18H13F2N3OS2/c19-12-6-7-14(20)15(10-12)23-16(24)11-25-17-18(22-9-8-21-17)26-13-4-2-1-3-5-13/h1-10H,11H2,(H,23,24). The third-order valence-corrected chi connectivity index (χ3v) is 5.24. The van der Waals surface area contributed by atoms with E-state index in [1.54, 1.807) is 12.4 Å². The molecule has 0 aliphatic rings. The third kappa shape index (κ3) is 5.03. The molecule has 0 aliphatic carbocycles. The minimum absolute atomic E-state index is 0.00298. The van der Waals surface area contributed by atoms with Crippen molar-refractivity contribution < 1.29 is 13.6 Å². The molecule has 4 nitrogen and oxygen atoms in total. The molecule has 0 fully saturated rings. The van der Waals surface area contributed by atoms with Gasteiger partial charge in [-0.05, 0) is 24.3 Å². The Kier molecular flexibility index (Phi) is 6.19. The Hall–Kier alpha value is -2.45. The van der Waals surface area contributed by atoms with Crippen LogP contribution in [0.1, 0.15) is 0 Å². The Morgan fingerprint density at radius 3 is 2.50 bits per heavy atom. The molecule has 132 valence electrons. The van der Waals surface area contributed by atoms with Gasteiger partial charge in [0.15, 0.2) is 0 Å². The molecule has 2 aromatic carbocycles. The number of carbonyl (C=O) groups excluding carboxylic acids is 1. The van der Waals surface area contributed by atoms with Crippen molar-refractivity contribution in [3.8, 4) is 0 Å². The Labute approximate surface area is 157 Å². The fourth-order valence-electron chi connectivity index (χ4n) is 2.00. The zero-order valence-electron chi connectivity index (χ0n) is 13.4. The van der Waals surface area contributed by atoms with Gasteiger partial charge in [-0.1, -0.05) is 41.7 Å². The first-order valence-electron chi connectivity index (χ1n) is 7.53. The van der Waals surface area contributed by atoms with E-state index in [0.717, 1.165) is 23.1 Å². The van der Waals surface area contributed by atoms with Gasteiger partial charge in [0.2, 0.25) is 5.91 Å². The molecule has 0 atom stereocenters. The van der Waals surface area contributed by atoms with Crippen LogP contribution >= 0.6 is 23.5 Å². The maximum Gasteiger partial charge on any atom is 0.234 e. The van der Waals surface area contributed by atoms with Crippen molar-refractivity contribution in [2.75, 3.05) is 11.1 Å². The van der Waals surface area contributed by atoms with E-state index in [0.29, 0.717) is 10.1 Å². The number of thioether (sulfide) groups is 1. The van der Waals surface area contributed by atoms with Gasteiger partial charge in [-0.2, -0.15) is 0 Å². The summed E-state index contributed by atoms with van der Waals surface area (Å²) in [6, 6.07) is 12.6. The Bertz CT molecular complexity index is 910. The maximum absolute atomic E-state index is 13.6. The van der Waals surface area contributed by atoms with Crippen LogP contribution in [-0.2, 0) is 4.79 Å². The minimum Gasteiger partial charge on any atom is -0.323 e. The number of nitrogens with one attached hydrogen (secondary N) is 1. The Balaban J connectivity index is 1.64. The molecule has 0 unspecified atom stereocenters. The number of benzene rings is 2. The first-order valence-corrected chi connectivity index (χ1v) is 9.33. The van der Waals surface area contributed by atoms with E-state index < -0.39 is 17.5 Å². The van der Waals surface area contributed by atoms with E-state index in [1.807, 2.05) is 30.3 Å². The molecule has 0 radical (unpaired) electrons. The lowest BCUT2D eigenvalue weighted by atomic mass is 10.3. The molecule has 0 aliphatic heterocycles. The summed E-state index contributed by atoms with van der Waals surface area (Å²) in [5.74, 6) is -1.77. The smallest absolute Gasteiger partial charge is 0.234 e. The van der Waals surface area contributed by atoms with E-state index in [9.17, 15) is 13.6 Å². The van der Waals surface area contributed by atoms with Crippen molar-refractivity contribution in [2.45, 2.75) is 14.9 Å². The summed E-state index contributed by atoms with van der Waals surface area (Å²) in [4.78, 5) is 21.6. The second kappa shape index (κ2) is 8.77. The highest BCUT2D eigenvalue weighted by molar-refractivity contribution is 8.02. The predicted molar refractivity (Wildman–Crippen MR) is 98.3 cm³/mol. The average Bonchev–Trinajstić information content (AvgIpc) is 2.65. The second-order valence-corrected chi connectivity index (χ2v) is 7.07. The molecule has 0 saturated carbocycles. The minimum atomic E-state index is -0.690. The van der Waals surface area contributed by atoms with Crippen LogP contribution in [0.4, 0.5) is 14.5 Å². The van der Waals surface area contributed by atoms with Gasteiger partial charge in [0.05, 0.1) is 11.4 Å². The number of amides is 1. The van der Waals surface area contributed by atoms with Crippen LogP contribution in [0.25, 0.3) is 0 Å². The summed E-state index contributed by atoms with van der Waals surface area (Å²) in [5, 5.41) is 3.63. The summed E-state index contributed by atoms with van der Waals surface area (Å²) in [7, 11) is 0. The predicted octanol–water partition coefficient (Wildman–Crippen LogP) is 4.64. The molecule has 26 heavy (non-hydrogen) atoms. The van der Waals surface area contributed by atoms with E-state index in [1.165, 1.54) is 23.5 Å². The van der Waals surface area contributed by atoms with Crippen molar-refractivity contribution in [2.24, 2.45) is 0 Å².